The summed E-state index contributed by atoms with van der Waals surface area (Å²) in [6.07, 6.45) is 6.29. The van der Waals surface area contributed by atoms with Crippen LogP contribution in [-0.4, -0.2) is 31.1 Å². The van der Waals surface area contributed by atoms with Crippen molar-refractivity contribution in [1.82, 2.24) is 25.2 Å². The second kappa shape index (κ2) is 4.73. The number of nitrogens with zero attached hydrogens (tertiary/aromatic N) is 4. The highest BCUT2D eigenvalue weighted by Gasteiger charge is 2.10. The third-order valence-corrected chi connectivity index (χ3v) is 2.58. The Morgan fingerprint density at radius 1 is 1.32 bits per heavy atom. The number of para-hydroxylation sites is 2. The van der Waals surface area contributed by atoms with E-state index in [2.05, 4.69) is 25.8 Å². The van der Waals surface area contributed by atoms with Crippen LogP contribution in [0, 0.1) is 0 Å². The van der Waals surface area contributed by atoms with Gasteiger partial charge in [0.1, 0.15) is 0 Å². The largest absolute Gasteiger partial charge is 0.320 e. The number of nitrogens with one attached hydrogen (secondary N) is 2. The summed E-state index contributed by atoms with van der Waals surface area (Å²) in [6, 6.07) is 7.35. The van der Waals surface area contributed by atoms with E-state index in [1.807, 2.05) is 18.2 Å². The topological polar surface area (TPSA) is 88.5 Å². The highest BCUT2D eigenvalue weighted by Crippen LogP contribution is 2.19. The fourth-order valence-corrected chi connectivity index (χ4v) is 1.69. The summed E-state index contributed by atoms with van der Waals surface area (Å²) in [4.78, 5) is 12.0. The van der Waals surface area contributed by atoms with Crippen LogP contribution in [0.25, 0.3) is 5.69 Å². The lowest BCUT2D eigenvalue weighted by Gasteiger charge is -2.09. The molecular formula is C12H10N6O. The zero-order valence-corrected chi connectivity index (χ0v) is 9.82. The molecule has 94 valence electrons. The van der Waals surface area contributed by atoms with Crippen LogP contribution in [0.2, 0.25) is 0 Å². The molecule has 0 aliphatic rings. The molecule has 1 aromatic carbocycles. The lowest BCUT2D eigenvalue weighted by molar-refractivity contribution is 0.102. The van der Waals surface area contributed by atoms with Crippen molar-refractivity contribution in [2.75, 3.05) is 5.32 Å². The molecular weight excluding hydrogens is 244 g/mol. The number of hydrogen-bond acceptors (Lipinski definition) is 4. The Balaban J connectivity index is 1.92. The van der Waals surface area contributed by atoms with Crippen LogP contribution in [0.5, 0.6) is 0 Å². The predicted octanol–water partition coefficient (Wildman–Crippen LogP) is 1.24. The minimum Gasteiger partial charge on any atom is -0.320 e. The van der Waals surface area contributed by atoms with Crippen molar-refractivity contribution < 1.29 is 4.79 Å². The molecule has 0 unspecified atom stereocenters. The first-order valence-corrected chi connectivity index (χ1v) is 5.60. The normalized spacial score (nSPS) is 10.3. The molecule has 0 bridgehead atoms. The van der Waals surface area contributed by atoms with Gasteiger partial charge in [-0.3, -0.25) is 9.89 Å². The van der Waals surface area contributed by atoms with Crippen LogP contribution in [-0.2, 0) is 0 Å². The van der Waals surface area contributed by atoms with Gasteiger partial charge in [0.15, 0.2) is 0 Å². The fraction of sp³-hybridized carbons (Fsp3) is 0. The number of H-pyrrole nitrogens is 1. The maximum atomic E-state index is 12.0. The second-order valence-corrected chi connectivity index (χ2v) is 3.81. The molecule has 0 atom stereocenters. The van der Waals surface area contributed by atoms with Gasteiger partial charge in [-0.05, 0) is 12.1 Å². The molecule has 2 aromatic heterocycles. The third-order valence-electron chi connectivity index (χ3n) is 2.58. The van der Waals surface area contributed by atoms with Gasteiger partial charge in [0.25, 0.3) is 5.91 Å². The van der Waals surface area contributed by atoms with Crippen LogP contribution >= 0.6 is 0 Å². The molecule has 0 fully saturated rings. The summed E-state index contributed by atoms with van der Waals surface area (Å²) in [5.74, 6) is -0.235. The summed E-state index contributed by atoms with van der Waals surface area (Å²) in [5.41, 5.74) is 1.87. The maximum Gasteiger partial charge on any atom is 0.258 e. The molecule has 0 radical (unpaired) electrons. The molecule has 3 aromatic rings. The van der Waals surface area contributed by atoms with Gasteiger partial charge in [-0.2, -0.15) is 5.10 Å². The number of aromatic amines is 1. The first-order chi connectivity index (χ1) is 9.34. The molecule has 0 aliphatic heterocycles. The SMILES string of the molecule is O=C(Nc1ccccc1-n1ccnn1)c1cn[nH]c1. The minimum absolute atomic E-state index is 0.235. The number of benzene rings is 1. The maximum absolute atomic E-state index is 12.0. The quantitative estimate of drug-likeness (QED) is 0.736. The molecule has 0 spiro atoms. The van der Waals surface area contributed by atoms with Crippen LogP contribution in [0.1, 0.15) is 10.4 Å². The molecule has 2 N–H and O–H groups in total. The summed E-state index contributed by atoms with van der Waals surface area (Å²) < 4.78 is 1.59. The van der Waals surface area contributed by atoms with Crippen LogP contribution < -0.4 is 5.32 Å². The Kier molecular flexibility index (Phi) is 2.77. The number of anilines is 1. The Morgan fingerprint density at radius 2 is 2.21 bits per heavy atom. The van der Waals surface area contributed by atoms with E-state index in [-0.39, 0.29) is 5.91 Å². The second-order valence-electron chi connectivity index (χ2n) is 3.81. The molecule has 7 heteroatoms. The Labute approximate surface area is 108 Å². The monoisotopic (exact) mass is 254 g/mol. The Bertz CT molecular complexity index is 674. The van der Waals surface area contributed by atoms with E-state index in [4.69, 9.17) is 0 Å². The number of aromatic nitrogens is 5. The first-order valence-electron chi connectivity index (χ1n) is 5.60. The number of rotatable bonds is 3. The molecule has 3 rings (SSSR count). The van der Waals surface area contributed by atoms with Gasteiger partial charge in [0, 0.05) is 6.20 Å². The highest BCUT2D eigenvalue weighted by atomic mass is 16.1. The van der Waals surface area contributed by atoms with Gasteiger partial charge in [0.2, 0.25) is 0 Å². The zero-order chi connectivity index (χ0) is 13.1. The lowest BCUT2D eigenvalue weighted by atomic mass is 10.2. The van der Waals surface area contributed by atoms with Crippen LogP contribution in [0.4, 0.5) is 5.69 Å². The Hall–Kier alpha value is -2.96. The zero-order valence-electron chi connectivity index (χ0n) is 9.82. The summed E-state index contributed by atoms with van der Waals surface area (Å²) >= 11 is 0. The fourth-order valence-electron chi connectivity index (χ4n) is 1.69. The van der Waals surface area contributed by atoms with Crippen molar-refractivity contribution >= 4 is 11.6 Å². The molecule has 0 saturated carbocycles. The van der Waals surface area contributed by atoms with E-state index >= 15 is 0 Å². The van der Waals surface area contributed by atoms with Gasteiger partial charge < -0.3 is 5.32 Å². The smallest absolute Gasteiger partial charge is 0.258 e. The van der Waals surface area contributed by atoms with E-state index in [9.17, 15) is 4.79 Å². The molecule has 7 nitrogen and oxygen atoms in total. The number of carbonyl (C=O) groups excluding carboxylic acids is 1. The van der Waals surface area contributed by atoms with E-state index in [1.165, 1.54) is 12.4 Å². The Morgan fingerprint density at radius 3 is 2.95 bits per heavy atom. The molecule has 0 aliphatic carbocycles. The van der Waals surface area contributed by atoms with Gasteiger partial charge in [-0.25, -0.2) is 4.68 Å². The van der Waals surface area contributed by atoms with Gasteiger partial charge in [-0.1, -0.05) is 17.3 Å². The van der Waals surface area contributed by atoms with Crippen molar-refractivity contribution in [3.8, 4) is 5.69 Å². The predicted molar refractivity (Wildman–Crippen MR) is 67.9 cm³/mol. The van der Waals surface area contributed by atoms with Gasteiger partial charge in [0.05, 0.1) is 35.5 Å². The van der Waals surface area contributed by atoms with Crippen molar-refractivity contribution in [2.24, 2.45) is 0 Å². The number of carbonyl (C=O) groups is 1. The first kappa shape index (κ1) is 11.1. The number of hydrogen-bond donors (Lipinski definition) is 2. The third kappa shape index (κ3) is 2.21. The summed E-state index contributed by atoms with van der Waals surface area (Å²) in [6.45, 7) is 0. The lowest BCUT2D eigenvalue weighted by Crippen LogP contribution is -2.13. The van der Waals surface area contributed by atoms with E-state index in [0.717, 1.165) is 5.69 Å². The van der Waals surface area contributed by atoms with Crippen molar-refractivity contribution in [3.63, 3.8) is 0 Å². The molecule has 0 saturated heterocycles. The summed E-state index contributed by atoms with van der Waals surface area (Å²) in [7, 11) is 0. The highest BCUT2D eigenvalue weighted by molar-refractivity contribution is 6.04. The summed E-state index contributed by atoms with van der Waals surface area (Å²) in [5, 5.41) is 16.8. The number of amides is 1. The average Bonchev–Trinajstić information content (AvgIpc) is 3.13. The molecule has 2 heterocycles. The molecule has 19 heavy (non-hydrogen) atoms. The van der Waals surface area contributed by atoms with Crippen LogP contribution in [0.15, 0.2) is 49.1 Å². The van der Waals surface area contributed by atoms with Crippen molar-refractivity contribution in [3.05, 3.63) is 54.6 Å². The van der Waals surface area contributed by atoms with E-state index < -0.39 is 0 Å². The standard InChI is InChI=1S/C12H10N6O/c19-12(9-7-14-15-8-9)16-10-3-1-2-4-11(10)18-6-5-13-17-18/h1-8H,(H,14,15)(H,16,19). The minimum atomic E-state index is -0.235. The van der Waals surface area contributed by atoms with Gasteiger partial charge in [-0.15, -0.1) is 5.10 Å². The van der Waals surface area contributed by atoms with E-state index in [0.29, 0.717) is 11.3 Å². The van der Waals surface area contributed by atoms with Crippen molar-refractivity contribution in [2.45, 2.75) is 0 Å². The van der Waals surface area contributed by atoms with E-state index in [1.54, 1.807) is 23.1 Å². The van der Waals surface area contributed by atoms with Gasteiger partial charge >= 0.3 is 0 Å². The van der Waals surface area contributed by atoms with Crippen molar-refractivity contribution in [1.29, 1.82) is 0 Å². The molecule has 1 amide bonds. The average molecular weight is 254 g/mol. The van der Waals surface area contributed by atoms with Crippen LogP contribution in [0.3, 0.4) is 0 Å².